The van der Waals surface area contributed by atoms with Crippen molar-refractivity contribution in [2.75, 3.05) is 6.54 Å². The van der Waals surface area contributed by atoms with Crippen molar-refractivity contribution in [1.29, 1.82) is 0 Å². The highest BCUT2D eigenvalue weighted by Crippen LogP contribution is 2.14. The molecule has 0 fully saturated rings. The van der Waals surface area contributed by atoms with Crippen LogP contribution in [0, 0.1) is 5.82 Å². The van der Waals surface area contributed by atoms with E-state index in [4.69, 9.17) is 0 Å². The third-order valence-electron chi connectivity index (χ3n) is 4.11. The second-order valence-corrected chi connectivity index (χ2v) is 5.92. The van der Waals surface area contributed by atoms with Crippen LogP contribution in [-0.2, 0) is 24.2 Å². The van der Waals surface area contributed by atoms with Crippen molar-refractivity contribution in [2.45, 2.75) is 38.6 Å². The van der Waals surface area contributed by atoms with Crippen molar-refractivity contribution in [3.8, 4) is 0 Å². The fraction of sp³-hybridized carbons (Fsp3) is 0.389. The van der Waals surface area contributed by atoms with E-state index in [2.05, 4.69) is 20.1 Å². The fourth-order valence-electron chi connectivity index (χ4n) is 2.87. The molecule has 0 saturated heterocycles. The van der Waals surface area contributed by atoms with Crippen LogP contribution in [0.15, 0.2) is 30.3 Å². The molecule has 5 nitrogen and oxygen atoms in total. The van der Waals surface area contributed by atoms with Gasteiger partial charge in [-0.25, -0.2) is 4.39 Å². The van der Waals surface area contributed by atoms with Gasteiger partial charge in [-0.2, -0.15) is 0 Å². The number of aryl methyl sites for hydroxylation is 1. The summed E-state index contributed by atoms with van der Waals surface area (Å²) in [6.07, 6.45) is 8.20. The molecule has 1 amide bonds. The molecule has 1 aliphatic heterocycles. The van der Waals surface area contributed by atoms with Crippen molar-refractivity contribution in [1.82, 2.24) is 20.1 Å². The Balaban J connectivity index is 1.50. The average Bonchev–Trinajstić information content (AvgIpc) is 2.80. The summed E-state index contributed by atoms with van der Waals surface area (Å²) < 4.78 is 15.3. The van der Waals surface area contributed by atoms with Gasteiger partial charge in [-0.05, 0) is 36.6 Å². The molecule has 2 aromatic rings. The van der Waals surface area contributed by atoms with Gasteiger partial charge in [-0.15, -0.1) is 10.2 Å². The molecular formula is C18H21FN4O. The molecule has 1 aromatic heterocycles. The van der Waals surface area contributed by atoms with Gasteiger partial charge in [0.05, 0.1) is 0 Å². The van der Waals surface area contributed by atoms with Crippen molar-refractivity contribution in [3.05, 3.63) is 53.4 Å². The van der Waals surface area contributed by atoms with Crippen molar-refractivity contribution < 1.29 is 9.18 Å². The fourth-order valence-corrected chi connectivity index (χ4v) is 2.87. The number of halogens is 1. The SMILES string of the molecule is O=C(/C=C/c1cccc(F)c1)NCCc1nnc2n1CCCCC2. The van der Waals surface area contributed by atoms with E-state index in [1.165, 1.54) is 31.1 Å². The molecule has 0 atom stereocenters. The highest BCUT2D eigenvalue weighted by molar-refractivity contribution is 5.91. The first kappa shape index (κ1) is 16.4. The van der Waals surface area contributed by atoms with Crippen molar-refractivity contribution >= 4 is 12.0 Å². The predicted molar refractivity (Wildman–Crippen MR) is 89.7 cm³/mol. The van der Waals surface area contributed by atoms with Gasteiger partial charge in [-0.1, -0.05) is 18.6 Å². The molecule has 2 heterocycles. The Morgan fingerprint density at radius 2 is 2.21 bits per heavy atom. The molecule has 6 heteroatoms. The van der Waals surface area contributed by atoms with E-state index in [9.17, 15) is 9.18 Å². The van der Waals surface area contributed by atoms with Crippen LogP contribution in [-0.4, -0.2) is 27.2 Å². The predicted octanol–water partition coefficient (Wildman–Crippen LogP) is 2.52. The summed E-state index contributed by atoms with van der Waals surface area (Å²) in [6.45, 7) is 1.47. The van der Waals surface area contributed by atoms with Gasteiger partial charge < -0.3 is 9.88 Å². The summed E-state index contributed by atoms with van der Waals surface area (Å²) in [5.74, 6) is 1.47. The van der Waals surface area contributed by atoms with Crippen LogP contribution < -0.4 is 5.32 Å². The molecule has 3 rings (SSSR count). The lowest BCUT2D eigenvalue weighted by atomic mass is 10.2. The number of carbonyl (C=O) groups is 1. The molecule has 0 aliphatic carbocycles. The number of aromatic nitrogens is 3. The summed E-state index contributed by atoms with van der Waals surface area (Å²) in [5, 5.41) is 11.3. The van der Waals surface area contributed by atoms with E-state index in [1.54, 1.807) is 18.2 Å². The van der Waals surface area contributed by atoms with E-state index >= 15 is 0 Å². The van der Waals surface area contributed by atoms with E-state index < -0.39 is 0 Å². The standard InChI is InChI=1S/C18H21FN4O/c19-15-6-4-5-14(13-15)8-9-18(24)20-11-10-17-22-21-16-7-2-1-3-12-23(16)17/h4-6,8-9,13H,1-3,7,10-12H2,(H,20,24)/b9-8+. The van der Waals surface area contributed by atoms with Crippen LogP contribution in [0.3, 0.4) is 0 Å². The number of fused-ring (bicyclic) bond motifs is 1. The van der Waals surface area contributed by atoms with Gasteiger partial charge in [0.15, 0.2) is 0 Å². The van der Waals surface area contributed by atoms with Gasteiger partial charge in [0, 0.05) is 32.0 Å². The van der Waals surface area contributed by atoms with E-state index in [0.717, 1.165) is 31.0 Å². The first-order chi connectivity index (χ1) is 11.7. The summed E-state index contributed by atoms with van der Waals surface area (Å²) in [4.78, 5) is 11.8. The van der Waals surface area contributed by atoms with Gasteiger partial charge >= 0.3 is 0 Å². The van der Waals surface area contributed by atoms with Crippen LogP contribution in [0.2, 0.25) is 0 Å². The lowest BCUT2D eigenvalue weighted by Crippen LogP contribution is -2.24. The Kier molecular flexibility index (Phi) is 5.36. The van der Waals surface area contributed by atoms with E-state index in [1.807, 2.05) is 0 Å². The molecule has 0 radical (unpaired) electrons. The summed E-state index contributed by atoms with van der Waals surface area (Å²) >= 11 is 0. The van der Waals surface area contributed by atoms with E-state index in [0.29, 0.717) is 18.5 Å². The van der Waals surface area contributed by atoms with Crippen LogP contribution >= 0.6 is 0 Å². The topological polar surface area (TPSA) is 59.8 Å². The molecule has 1 aromatic carbocycles. The Bertz CT molecular complexity index is 738. The number of benzene rings is 1. The number of rotatable bonds is 5. The zero-order chi connectivity index (χ0) is 16.8. The van der Waals surface area contributed by atoms with Crippen LogP contribution in [0.25, 0.3) is 6.08 Å². The first-order valence-corrected chi connectivity index (χ1v) is 8.35. The summed E-state index contributed by atoms with van der Waals surface area (Å²) in [5.41, 5.74) is 0.660. The van der Waals surface area contributed by atoms with Gasteiger partial charge in [0.2, 0.25) is 5.91 Å². The molecule has 0 spiro atoms. The second kappa shape index (κ2) is 7.86. The van der Waals surface area contributed by atoms with Gasteiger partial charge in [-0.3, -0.25) is 4.79 Å². The van der Waals surface area contributed by atoms with Gasteiger partial charge in [0.25, 0.3) is 0 Å². The molecule has 1 N–H and O–H groups in total. The minimum Gasteiger partial charge on any atom is -0.352 e. The number of nitrogens with zero attached hydrogens (tertiary/aromatic N) is 3. The molecular weight excluding hydrogens is 307 g/mol. The first-order valence-electron chi connectivity index (χ1n) is 8.35. The quantitative estimate of drug-likeness (QED) is 0.858. The number of nitrogens with one attached hydrogen (secondary N) is 1. The number of carbonyl (C=O) groups excluding carboxylic acids is 1. The zero-order valence-electron chi connectivity index (χ0n) is 13.5. The smallest absolute Gasteiger partial charge is 0.244 e. The monoisotopic (exact) mass is 328 g/mol. The number of hydrogen-bond acceptors (Lipinski definition) is 3. The van der Waals surface area contributed by atoms with Crippen molar-refractivity contribution in [2.24, 2.45) is 0 Å². The highest BCUT2D eigenvalue weighted by Gasteiger charge is 2.14. The number of amides is 1. The Morgan fingerprint density at radius 1 is 1.29 bits per heavy atom. The van der Waals surface area contributed by atoms with Crippen LogP contribution in [0.5, 0.6) is 0 Å². The van der Waals surface area contributed by atoms with Gasteiger partial charge in [0.1, 0.15) is 17.5 Å². The summed E-state index contributed by atoms with van der Waals surface area (Å²) in [7, 11) is 0. The van der Waals surface area contributed by atoms with Crippen molar-refractivity contribution in [3.63, 3.8) is 0 Å². The molecule has 126 valence electrons. The Hall–Kier alpha value is -2.50. The second-order valence-electron chi connectivity index (χ2n) is 5.92. The molecule has 0 bridgehead atoms. The molecule has 1 aliphatic rings. The highest BCUT2D eigenvalue weighted by atomic mass is 19.1. The zero-order valence-corrected chi connectivity index (χ0v) is 13.5. The normalized spacial score (nSPS) is 14.4. The molecule has 24 heavy (non-hydrogen) atoms. The molecule has 0 saturated carbocycles. The van der Waals surface area contributed by atoms with Crippen LogP contribution in [0.4, 0.5) is 4.39 Å². The lowest BCUT2D eigenvalue weighted by molar-refractivity contribution is -0.116. The third kappa shape index (κ3) is 4.28. The average molecular weight is 328 g/mol. The summed E-state index contributed by atoms with van der Waals surface area (Å²) in [6, 6.07) is 6.12. The lowest BCUT2D eigenvalue weighted by Gasteiger charge is -2.07. The third-order valence-corrected chi connectivity index (χ3v) is 4.11. The largest absolute Gasteiger partial charge is 0.352 e. The Morgan fingerprint density at radius 3 is 3.08 bits per heavy atom. The van der Waals surface area contributed by atoms with Crippen LogP contribution in [0.1, 0.15) is 36.5 Å². The maximum atomic E-state index is 13.1. The Labute approximate surface area is 140 Å². The van der Waals surface area contributed by atoms with E-state index in [-0.39, 0.29) is 11.7 Å². The minimum atomic E-state index is -0.315. The molecule has 0 unspecified atom stereocenters. The number of hydrogen-bond donors (Lipinski definition) is 1. The minimum absolute atomic E-state index is 0.199. The maximum absolute atomic E-state index is 13.1. The maximum Gasteiger partial charge on any atom is 0.244 e.